The van der Waals surface area contributed by atoms with Crippen LogP contribution in [0, 0.1) is 6.92 Å². The summed E-state index contributed by atoms with van der Waals surface area (Å²) in [6, 6.07) is 3.18. The van der Waals surface area contributed by atoms with Crippen molar-refractivity contribution in [3.05, 3.63) is 28.8 Å². The quantitative estimate of drug-likeness (QED) is 0.724. The van der Waals surface area contributed by atoms with E-state index in [-0.39, 0.29) is 11.3 Å². The first-order chi connectivity index (χ1) is 7.60. The molecular formula is C12H14F2O2. The molecule has 0 aliphatic carbocycles. The zero-order chi connectivity index (χ0) is 12.1. The lowest BCUT2D eigenvalue weighted by Gasteiger charge is -2.13. The maximum atomic E-state index is 12.7. The molecule has 16 heavy (non-hydrogen) atoms. The SMILES string of the molecule is COc1c(CCC=O)cc(C)cc1C(F)F. The van der Waals surface area contributed by atoms with E-state index in [1.54, 1.807) is 13.0 Å². The van der Waals surface area contributed by atoms with Crippen molar-refractivity contribution in [1.82, 2.24) is 0 Å². The second kappa shape index (κ2) is 5.58. The van der Waals surface area contributed by atoms with Crippen LogP contribution >= 0.6 is 0 Å². The number of halogens is 2. The maximum Gasteiger partial charge on any atom is 0.267 e. The van der Waals surface area contributed by atoms with Crippen LogP contribution in [0.3, 0.4) is 0 Å². The minimum absolute atomic E-state index is 0.108. The van der Waals surface area contributed by atoms with Gasteiger partial charge in [-0.05, 0) is 25.0 Å². The Bertz CT molecular complexity index is 376. The predicted octanol–water partition coefficient (Wildman–Crippen LogP) is 3.07. The molecule has 1 rings (SSSR count). The molecule has 0 saturated heterocycles. The van der Waals surface area contributed by atoms with Crippen molar-refractivity contribution in [2.24, 2.45) is 0 Å². The van der Waals surface area contributed by atoms with Crippen LogP contribution < -0.4 is 4.74 Å². The Hall–Kier alpha value is -1.45. The summed E-state index contributed by atoms with van der Waals surface area (Å²) in [7, 11) is 1.36. The second-order valence-corrected chi connectivity index (χ2v) is 3.55. The van der Waals surface area contributed by atoms with Crippen LogP contribution in [-0.2, 0) is 11.2 Å². The third-order valence-electron chi connectivity index (χ3n) is 2.31. The molecule has 0 spiro atoms. The summed E-state index contributed by atoms with van der Waals surface area (Å²) in [5.74, 6) is 0.197. The van der Waals surface area contributed by atoms with Gasteiger partial charge in [-0.3, -0.25) is 0 Å². The number of ether oxygens (including phenoxy) is 1. The van der Waals surface area contributed by atoms with Crippen molar-refractivity contribution >= 4 is 6.29 Å². The largest absolute Gasteiger partial charge is 0.496 e. The van der Waals surface area contributed by atoms with Crippen molar-refractivity contribution in [3.8, 4) is 5.75 Å². The molecule has 0 fully saturated rings. The number of benzene rings is 1. The van der Waals surface area contributed by atoms with Gasteiger partial charge in [0.25, 0.3) is 6.43 Å². The van der Waals surface area contributed by atoms with Gasteiger partial charge in [0.15, 0.2) is 0 Å². The zero-order valence-electron chi connectivity index (χ0n) is 9.30. The van der Waals surface area contributed by atoms with Gasteiger partial charge in [0.1, 0.15) is 12.0 Å². The molecule has 88 valence electrons. The molecule has 1 aromatic carbocycles. The molecule has 0 atom stereocenters. The highest BCUT2D eigenvalue weighted by Crippen LogP contribution is 2.33. The maximum absolute atomic E-state index is 12.7. The Labute approximate surface area is 93.2 Å². The van der Waals surface area contributed by atoms with Gasteiger partial charge in [0, 0.05) is 6.42 Å². The van der Waals surface area contributed by atoms with E-state index in [2.05, 4.69) is 0 Å². The number of hydrogen-bond acceptors (Lipinski definition) is 2. The van der Waals surface area contributed by atoms with Crippen LogP contribution in [0.1, 0.15) is 29.5 Å². The van der Waals surface area contributed by atoms with E-state index in [1.807, 2.05) is 0 Å². The van der Waals surface area contributed by atoms with Gasteiger partial charge in [-0.1, -0.05) is 11.6 Å². The van der Waals surface area contributed by atoms with Gasteiger partial charge >= 0.3 is 0 Å². The van der Waals surface area contributed by atoms with Crippen LogP contribution in [0.15, 0.2) is 12.1 Å². The number of aldehydes is 1. The lowest BCUT2D eigenvalue weighted by Crippen LogP contribution is -2.00. The Kier molecular flexibility index (Phi) is 4.40. The van der Waals surface area contributed by atoms with Crippen molar-refractivity contribution in [1.29, 1.82) is 0 Å². The van der Waals surface area contributed by atoms with Crippen LogP contribution in [0.5, 0.6) is 5.75 Å². The van der Waals surface area contributed by atoms with Gasteiger partial charge in [0.2, 0.25) is 0 Å². The molecule has 0 unspecified atom stereocenters. The number of hydrogen-bond donors (Lipinski definition) is 0. The van der Waals surface area contributed by atoms with E-state index in [0.717, 1.165) is 11.8 Å². The normalized spacial score (nSPS) is 10.6. The number of aryl methyl sites for hydroxylation is 2. The Balaban J connectivity index is 3.18. The summed E-state index contributed by atoms with van der Waals surface area (Å²) in [6.45, 7) is 1.75. The molecule has 0 aromatic heterocycles. The Morgan fingerprint density at radius 2 is 2.12 bits per heavy atom. The van der Waals surface area contributed by atoms with Gasteiger partial charge < -0.3 is 9.53 Å². The molecular weight excluding hydrogens is 214 g/mol. The number of rotatable bonds is 5. The first-order valence-corrected chi connectivity index (χ1v) is 4.99. The smallest absolute Gasteiger partial charge is 0.267 e. The molecule has 0 bridgehead atoms. The minimum atomic E-state index is -2.56. The van der Waals surface area contributed by atoms with Gasteiger partial charge in [-0.25, -0.2) is 8.78 Å². The second-order valence-electron chi connectivity index (χ2n) is 3.55. The summed E-state index contributed by atoms with van der Waals surface area (Å²) >= 11 is 0. The van der Waals surface area contributed by atoms with Crippen LogP contribution in [-0.4, -0.2) is 13.4 Å². The summed E-state index contributed by atoms with van der Waals surface area (Å²) < 4.78 is 30.5. The fourth-order valence-electron chi connectivity index (χ4n) is 1.69. The molecule has 0 radical (unpaired) electrons. The minimum Gasteiger partial charge on any atom is -0.496 e. The van der Waals surface area contributed by atoms with Crippen LogP contribution in [0.4, 0.5) is 8.78 Å². The topological polar surface area (TPSA) is 26.3 Å². The monoisotopic (exact) mass is 228 g/mol. The van der Waals surface area contributed by atoms with Gasteiger partial charge in [-0.15, -0.1) is 0 Å². The lowest BCUT2D eigenvalue weighted by molar-refractivity contribution is -0.107. The van der Waals surface area contributed by atoms with Crippen molar-refractivity contribution in [2.75, 3.05) is 7.11 Å². The van der Waals surface area contributed by atoms with E-state index in [4.69, 9.17) is 4.74 Å². The highest BCUT2D eigenvalue weighted by Gasteiger charge is 2.17. The summed E-state index contributed by atoms with van der Waals surface area (Å²) in [4.78, 5) is 10.3. The zero-order valence-corrected chi connectivity index (χ0v) is 9.30. The standard InChI is InChI=1S/C12H14F2O2/c1-8-6-9(4-3-5-15)11(16-2)10(7-8)12(13)14/h5-7,12H,3-4H2,1-2H3. The van der Waals surface area contributed by atoms with Crippen molar-refractivity contribution < 1.29 is 18.3 Å². The predicted molar refractivity (Wildman–Crippen MR) is 57.1 cm³/mol. The van der Waals surface area contributed by atoms with E-state index in [0.29, 0.717) is 18.4 Å². The first kappa shape index (κ1) is 12.6. The third-order valence-corrected chi connectivity index (χ3v) is 2.31. The molecule has 0 aliphatic heterocycles. The highest BCUT2D eigenvalue weighted by molar-refractivity contribution is 5.52. The summed E-state index contributed by atoms with van der Waals surface area (Å²) in [5, 5.41) is 0. The highest BCUT2D eigenvalue weighted by atomic mass is 19.3. The summed E-state index contributed by atoms with van der Waals surface area (Å²) in [6.07, 6.45) is -1.06. The first-order valence-electron chi connectivity index (χ1n) is 4.99. The number of carbonyl (C=O) groups excluding carboxylic acids is 1. The molecule has 0 saturated carbocycles. The molecule has 0 heterocycles. The fourth-order valence-corrected chi connectivity index (χ4v) is 1.69. The van der Waals surface area contributed by atoms with Crippen LogP contribution in [0.25, 0.3) is 0 Å². The average Bonchev–Trinajstić information content (AvgIpc) is 2.25. The van der Waals surface area contributed by atoms with E-state index in [9.17, 15) is 13.6 Å². The lowest BCUT2D eigenvalue weighted by atomic mass is 10.0. The van der Waals surface area contributed by atoms with Gasteiger partial charge in [0.05, 0.1) is 12.7 Å². The molecule has 0 aliphatic rings. The number of carbonyl (C=O) groups is 1. The molecule has 1 aromatic rings. The van der Waals surface area contributed by atoms with Gasteiger partial charge in [-0.2, -0.15) is 0 Å². The number of methoxy groups -OCH3 is 1. The number of alkyl halides is 2. The van der Waals surface area contributed by atoms with E-state index < -0.39 is 6.43 Å². The molecule has 0 amide bonds. The van der Waals surface area contributed by atoms with Crippen molar-refractivity contribution in [3.63, 3.8) is 0 Å². The average molecular weight is 228 g/mol. The Morgan fingerprint density at radius 3 is 2.62 bits per heavy atom. The molecule has 2 nitrogen and oxygen atoms in total. The Morgan fingerprint density at radius 1 is 1.44 bits per heavy atom. The van der Waals surface area contributed by atoms with Crippen molar-refractivity contribution in [2.45, 2.75) is 26.2 Å². The van der Waals surface area contributed by atoms with E-state index >= 15 is 0 Å². The third kappa shape index (κ3) is 2.78. The summed E-state index contributed by atoms with van der Waals surface area (Å²) in [5.41, 5.74) is 1.30. The van der Waals surface area contributed by atoms with E-state index in [1.165, 1.54) is 13.2 Å². The fraction of sp³-hybridized carbons (Fsp3) is 0.417. The van der Waals surface area contributed by atoms with Crippen LogP contribution in [0.2, 0.25) is 0 Å². The molecule has 0 N–H and O–H groups in total. The molecule has 4 heteroatoms.